The van der Waals surface area contributed by atoms with Gasteiger partial charge in [-0.1, -0.05) is 11.6 Å². The number of aliphatic hydroxyl groups excluding tert-OH is 1. The molecular formula is C21H28ClFN4O2. The Labute approximate surface area is 175 Å². The number of nitrogens with zero attached hydrogens (tertiary/aromatic N) is 4. The summed E-state index contributed by atoms with van der Waals surface area (Å²) < 4.78 is 21.2. The summed E-state index contributed by atoms with van der Waals surface area (Å²) in [5.41, 5.74) is 2.45. The quantitative estimate of drug-likeness (QED) is 0.775. The Morgan fingerprint density at radius 3 is 2.52 bits per heavy atom. The number of benzene rings is 1. The molecule has 0 saturated carbocycles. The highest BCUT2D eigenvalue weighted by molar-refractivity contribution is 6.30. The van der Waals surface area contributed by atoms with Crippen LogP contribution in [0.2, 0.25) is 5.15 Å². The Kier molecular flexibility index (Phi) is 5.59. The predicted octanol–water partition coefficient (Wildman–Crippen LogP) is 2.46. The van der Waals surface area contributed by atoms with E-state index in [-0.39, 0.29) is 17.8 Å². The molecule has 2 saturated heterocycles. The minimum atomic E-state index is -0.218. The number of hydrogen-bond donors (Lipinski definition) is 1. The van der Waals surface area contributed by atoms with Gasteiger partial charge in [0.25, 0.3) is 0 Å². The third-order valence-corrected chi connectivity index (χ3v) is 6.99. The molecule has 1 aromatic heterocycles. The Bertz CT molecular complexity index is 905. The van der Waals surface area contributed by atoms with Gasteiger partial charge < -0.3 is 9.84 Å². The summed E-state index contributed by atoms with van der Waals surface area (Å²) in [4.78, 5) is 4.61. The van der Waals surface area contributed by atoms with Crippen LogP contribution in [0.15, 0.2) is 18.2 Å². The van der Waals surface area contributed by atoms with Crippen LogP contribution in [0.4, 0.5) is 4.39 Å². The first-order valence-corrected chi connectivity index (χ1v) is 10.3. The smallest absolute Gasteiger partial charge is 0.131 e. The number of likely N-dealkylation sites (tertiary alicyclic amines) is 2. The average Bonchev–Trinajstić information content (AvgIpc) is 3.27. The van der Waals surface area contributed by atoms with Gasteiger partial charge in [-0.3, -0.25) is 14.5 Å². The molecular weight excluding hydrogens is 395 g/mol. The predicted molar refractivity (Wildman–Crippen MR) is 109 cm³/mol. The van der Waals surface area contributed by atoms with E-state index in [0.29, 0.717) is 28.9 Å². The van der Waals surface area contributed by atoms with Crippen LogP contribution in [0.1, 0.15) is 16.8 Å². The molecule has 2 aliphatic rings. The zero-order chi connectivity index (χ0) is 20.8. The van der Waals surface area contributed by atoms with E-state index < -0.39 is 0 Å². The highest BCUT2D eigenvalue weighted by Gasteiger charge is 2.52. The van der Waals surface area contributed by atoms with Crippen molar-refractivity contribution in [3.63, 3.8) is 0 Å². The third kappa shape index (κ3) is 3.77. The lowest BCUT2D eigenvalue weighted by Crippen LogP contribution is -2.37. The van der Waals surface area contributed by atoms with Crippen LogP contribution in [-0.4, -0.2) is 64.6 Å². The minimum absolute atomic E-state index is 0.130. The molecule has 2 aliphatic heterocycles. The number of fused-ring (bicyclic) bond motifs is 1. The highest BCUT2D eigenvalue weighted by atomic mass is 35.5. The van der Waals surface area contributed by atoms with Gasteiger partial charge in [0.2, 0.25) is 0 Å². The van der Waals surface area contributed by atoms with Gasteiger partial charge in [-0.2, -0.15) is 5.10 Å². The van der Waals surface area contributed by atoms with E-state index in [1.54, 1.807) is 23.9 Å². The molecule has 1 aromatic carbocycles. The van der Waals surface area contributed by atoms with Crippen molar-refractivity contribution in [1.29, 1.82) is 0 Å². The van der Waals surface area contributed by atoms with Crippen LogP contribution in [0.25, 0.3) is 0 Å². The normalized spacial score (nSPS) is 25.0. The van der Waals surface area contributed by atoms with Crippen molar-refractivity contribution in [3.8, 4) is 5.75 Å². The lowest BCUT2D eigenvalue weighted by atomic mass is 9.82. The van der Waals surface area contributed by atoms with Gasteiger partial charge >= 0.3 is 0 Å². The van der Waals surface area contributed by atoms with Gasteiger partial charge in [0.1, 0.15) is 16.7 Å². The maximum atomic E-state index is 14.2. The number of halogens is 2. The topological polar surface area (TPSA) is 53.8 Å². The molecule has 6 nitrogen and oxygen atoms in total. The fraction of sp³-hybridized carbons (Fsp3) is 0.571. The standard InChI is InChI=1S/C21H28ClFN4O2/c1-14-18(20(22)25(2)24-14)10-27-9-16-8-26(11-21(16,12-27)13-28)7-15-6-17(29-3)4-5-19(15)23/h4-6,16,28H,7-13H2,1-3H3. The second-order valence-electron chi connectivity index (χ2n) is 8.49. The summed E-state index contributed by atoms with van der Waals surface area (Å²) in [7, 11) is 3.44. The van der Waals surface area contributed by atoms with Crippen LogP contribution in [-0.2, 0) is 20.1 Å². The van der Waals surface area contributed by atoms with Crippen molar-refractivity contribution >= 4 is 11.6 Å². The number of ether oxygens (including phenoxy) is 1. The first-order valence-electron chi connectivity index (χ1n) is 9.91. The summed E-state index contributed by atoms with van der Waals surface area (Å²) in [6.45, 7) is 6.65. The van der Waals surface area contributed by atoms with Crippen LogP contribution < -0.4 is 4.74 Å². The molecule has 0 bridgehead atoms. The molecule has 0 amide bonds. The Hall–Kier alpha value is -1.67. The Morgan fingerprint density at radius 2 is 1.97 bits per heavy atom. The van der Waals surface area contributed by atoms with Gasteiger partial charge in [0.15, 0.2) is 0 Å². The molecule has 1 N–H and O–H groups in total. The third-order valence-electron chi connectivity index (χ3n) is 6.51. The molecule has 2 fully saturated rings. The number of aliphatic hydroxyl groups is 1. The zero-order valence-corrected chi connectivity index (χ0v) is 17.9. The maximum Gasteiger partial charge on any atom is 0.131 e. The van der Waals surface area contributed by atoms with Crippen LogP contribution in [0.5, 0.6) is 5.75 Å². The van der Waals surface area contributed by atoms with E-state index in [2.05, 4.69) is 14.9 Å². The number of methoxy groups -OCH3 is 1. The van der Waals surface area contributed by atoms with Gasteiger partial charge in [0, 0.05) is 62.9 Å². The highest BCUT2D eigenvalue weighted by Crippen LogP contribution is 2.43. The van der Waals surface area contributed by atoms with Crippen molar-refractivity contribution in [2.75, 3.05) is 39.9 Å². The van der Waals surface area contributed by atoms with E-state index >= 15 is 0 Å². The summed E-state index contributed by atoms with van der Waals surface area (Å²) in [6, 6.07) is 4.85. The molecule has 2 unspecified atom stereocenters. The van der Waals surface area contributed by atoms with Crippen LogP contribution >= 0.6 is 11.6 Å². The number of rotatable bonds is 6. The molecule has 0 spiro atoms. The van der Waals surface area contributed by atoms with Crippen molar-refractivity contribution in [3.05, 3.63) is 46.0 Å². The summed E-state index contributed by atoms with van der Waals surface area (Å²) in [5, 5.41) is 15.3. The first-order chi connectivity index (χ1) is 13.8. The van der Waals surface area contributed by atoms with Crippen molar-refractivity contribution < 1.29 is 14.2 Å². The van der Waals surface area contributed by atoms with Crippen LogP contribution in [0, 0.1) is 24.1 Å². The Morgan fingerprint density at radius 1 is 1.28 bits per heavy atom. The summed E-state index contributed by atoms with van der Waals surface area (Å²) in [6.07, 6.45) is 0. The largest absolute Gasteiger partial charge is 0.497 e. The molecule has 8 heteroatoms. The van der Waals surface area contributed by atoms with Gasteiger partial charge in [-0.05, 0) is 31.0 Å². The van der Waals surface area contributed by atoms with Crippen molar-refractivity contribution in [1.82, 2.24) is 19.6 Å². The molecule has 2 aromatic rings. The van der Waals surface area contributed by atoms with E-state index in [4.69, 9.17) is 16.3 Å². The summed E-state index contributed by atoms with van der Waals surface area (Å²) >= 11 is 6.41. The molecule has 29 heavy (non-hydrogen) atoms. The lowest BCUT2D eigenvalue weighted by molar-refractivity contribution is 0.110. The fourth-order valence-electron chi connectivity index (χ4n) is 4.98. The van der Waals surface area contributed by atoms with Gasteiger partial charge in [-0.25, -0.2) is 4.39 Å². The molecule has 0 radical (unpaired) electrons. The number of aryl methyl sites for hydroxylation is 2. The molecule has 2 atom stereocenters. The van der Waals surface area contributed by atoms with E-state index in [0.717, 1.165) is 44.0 Å². The monoisotopic (exact) mass is 422 g/mol. The summed E-state index contributed by atoms with van der Waals surface area (Å²) in [5.74, 6) is 0.786. The minimum Gasteiger partial charge on any atom is -0.497 e. The molecule has 3 heterocycles. The van der Waals surface area contributed by atoms with E-state index in [1.807, 2.05) is 14.0 Å². The molecule has 4 rings (SSSR count). The van der Waals surface area contributed by atoms with E-state index in [1.165, 1.54) is 6.07 Å². The van der Waals surface area contributed by atoms with Crippen LogP contribution in [0.3, 0.4) is 0 Å². The fourth-order valence-corrected chi connectivity index (χ4v) is 5.22. The van der Waals surface area contributed by atoms with E-state index in [9.17, 15) is 9.50 Å². The first kappa shape index (κ1) is 20.6. The van der Waals surface area contributed by atoms with Crippen molar-refractivity contribution in [2.45, 2.75) is 20.0 Å². The second-order valence-corrected chi connectivity index (χ2v) is 8.85. The molecule has 158 valence electrons. The number of aromatic nitrogens is 2. The number of hydrogen-bond acceptors (Lipinski definition) is 5. The average molecular weight is 423 g/mol. The maximum absolute atomic E-state index is 14.2. The lowest BCUT2D eigenvalue weighted by Gasteiger charge is -2.27. The van der Waals surface area contributed by atoms with Gasteiger partial charge in [0.05, 0.1) is 19.4 Å². The van der Waals surface area contributed by atoms with Gasteiger partial charge in [-0.15, -0.1) is 0 Å². The SMILES string of the molecule is COc1ccc(F)c(CN2CC3CN(Cc4c(C)nn(C)c4Cl)CC3(CO)C2)c1. The van der Waals surface area contributed by atoms with Crippen molar-refractivity contribution in [2.24, 2.45) is 18.4 Å². The second kappa shape index (κ2) is 7.87. The Balaban J connectivity index is 1.45. The molecule has 0 aliphatic carbocycles. The zero-order valence-electron chi connectivity index (χ0n) is 17.2.